The van der Waals surface area contributed by atoms with Crippen LogP contribution in [0.4, 0.5) is 0 Å². The molecule has 158 valence electrons. The van der Waals surface area contributed by atoms with Crippen LogP contribution >= 0.6 is 0 Å². The molecule has 1 aliphatic carbocycles. The number of esters is 3. The van der Waals surface area contributed by atoms with Crippen molar-refractivity contribution < 1.29 is 33.7 Å². The Hall–Kier alpha value is -2.67. The Labute approximate surface area is 170 Å². The van der Waals surface area contributed by atoms with Crippen molar-refractivity contribution in [3.8, 4) is 0 Å². The van der Waals surface area contributed by atoms with Gasteiger partial charge >= 0.3 is 17.9 Å². The predicted octanol–water partition coefficient (Wildman–Crippen LogP) is 2.55. The second-order valence-electron chi connectivity index (χ2n) is 7.33. The van der Waals surface area contributed by atoms with Crippen LogP contribution in [0.5, 0.6) is 0 Å². The molecule has 1 heterocycles. The van der Waals surface area contributed by atoms with E-state index in [1.807, 2.05) is 13.0 Å². The molecular weight excluding hydrogens is 376 g/mol. The molecule has 0 aromatic rings. The molecule has 29 heavy (non-hydrogen) atoms. The van der Waals surface area contributed by atoms with Crippen molar-refractivity contribution in [3.05, 3.63) is 47.1 Å². The van der Waals surface area contributed by atoms with Crippen molar-refractivity contribution in [2.24, 2.45) is 5.92 Å². The van der Waals surface area contributed by atoms with Crippen molar-refractivity contribution in [1.29, 1.82) is 0 Å². The zero-order valence-electron chi connectivity index (χ0n) is 17.1. The third-order valence-corrected chi connectivity index (χ3v) is 4.98. The van der Waals surface area contributed by atoms with Gasteiger partial charge in [-0.1, -0.05) is 18.2 Å². The lowest BCUT2D eigenvalue weighted by Crippen LogP contribution is -2.33. The Bertz CT molecular complexity index is 772. The number of hydrogen-bond donors (Lipinski definition) is 1. The van der Waals surface area contributed by atoms with Crippen LogP contribution in [0.2, 0.25) is 0 Å². The van der Waals surface area contributed by atoms with Crippen molar-refractivity contribution in [3.63, 3.8) is 0 Å². The highest BCUT2D eigenvalue weighted by Gasteiger charge is 2.44. The molecule has 1 N–H and O–H groups in total. The second kappa shape index (κ2) is 10.2. The first-order chi connectivity index (χ1) is 13.7. The molecule has 0 radical (unpaired) electrons. The molecule has 3 atom stereocenters. The molecule has 0 bridgehead atoms. The largest absolute Gasteiger partial charge is 0.461 e. The monoisotopic (exact) mass is 404 g/mol. The first-order valence-corrected chi connectivity index (χ1v) is 9.59. The van der Waals surface area contributed by atoms with Gasteiger partial charge in [0, 0.05) is 24.5 Å². The third-order valence-electron chi connectivity index (χ3n) is 4.98. The van der Waals surface area contributed by atoms with Crippen LogP contribution in [0.1, 0.15) is 40.0 Å². The SMILES string of the molecule is C=C1C(=O)O[C@@H]2/C=C(\COC(C)=O)CC/C=C(/C)C[C@@H](OC(=O)/C(C)=C/CO)[C@@H]12. The van der Waals surface area contributed by atoms with Crippen LogP contribution in [0, 0.1) is 5.92 Å². The van der Waals surface area contributed by atoms with Gasteiger partial charge in [-0.05, 0) is 44.4 Å². The average Bonchev–Trinajstić information content (AvgIpc) is 2.92. The van der Waals surface area contributed by atoms with Crippen LogP contribution in [0.15, 0.2) is 47.1 Å². The van der Waals surface area contributed by atoms with E-state index < -0.39 is 36.0 Å². The van der Waals surface area contributed by atoms with Crippen LogP contribution < -0.4 is 0 Å². The number of aliphatic hydroxyl groups excluding tert-OH is 1. The predicted molar refractivity (Wildman–Crippen MR) is 106 cm³/mol. The van der Waals surface area contributed by atoms with Gasteiger partial charge in [0.25, 0.3) is 0 Å². The highest BCUT2D eigenvalue weighted by atomic mass is 16.6. The van der Waals surface area contributed by atoms with E-state index >= 15 is 0 Å². The summed E-state index contributed by atoms with van der Waals surface area (Å²) < 4.78 is 16.3. The lowest BCUT2D eigenvalue weighted by Gasteiger charge is -2.27. The first-order valence-electron chi connectivity index (χ1n) is 9.59. The lowest BCUT2D eigenvalue weighted by atomic mass is 9.85. The quantitative estimate of drug-likeness (QED) is 0.325. The molecule has 0 aromatic heterocycles. The normalized spacial score (nSPS) is 29.0. The molecule has 0 spiro atoms. The van der Waals surface area contributed by atoms with Gasteiger partial charge < -0.3 is 19.3 Å². The summed E-state index contributed by atoms with van der Waals surface area (Å²) in [5.41, 5.74) is 2.36. The highest BCUT2D eigenvalue weighted by molar-refractivity contribution is 5.92. The van der Waals surface area contributed by atoms with Crippen molar-refractivity contribution in [2.75, 3.05) is 13.2 Å². The topological polar surface area (TPSA) is 99.1 Å². The summed E-state index contributed by atoms with van der Waals surface area (Å²) in [5, 5.41) is 9.01. The molecule has 0 aromatic carbocycles. The van der Waals surface area contributed by atoms with Gasteiger partial charge in [0.05, 0.1) is 12.5 Å². The van der Waals surface area contributed by atoms with Gasteiger partial charge in [0.2, 0.25) is 0 Å². The Morgan fingerprint density at radius 2 is 2.10 bits per heavy atom. The molecule has 1 saturated heterocycles. The van der Waals surface area contributed by atoms with E-state index in [4.69, 9.17) is 19.3 Å². The van der Waals surface area contributed by atoms with Gasteiger partial charge in [0.15, 0.2) is 0 Å². The fourth-order valence-electron chi connectivity index (χ4n) is 3.41. The zero-order chi connectivity index (χ0) is 21.6. The summed E-state index contributed by atoms with van der Waals surface area (Å²) in [7, 11) is 0. The first kappa shape index (κ1) is 22.6. The number of carbonyl (C=O) groups excluding carboxylic acids is 3. The van der Waals surface area contributed by atoms with Crippen molar-refractivity contribution >= 4 is 17.9 Å². The van der Waals surface area contributed by atoms with E-state index in [0.29, 0.717) is 12.8 Å². The maximum atomic E-state index is 12.4. The van der Waals surface area contributed by atoms with Crippen LogP contribution in [0.3, 0.4) is 0 Å². The zero-order valence-corrected chi connectivity index (χ0v) is 17.1. The minimum absolute atomic E-state index is 0.109. The molecule has 7 heteroatoms. The Kier molecular flexibility index (Phi) is 7.96. The van der Waals surface area contributed by atoms with E-state index in [9.17, 15) is 14.4 Å². The van der Waals surface area contributed by atoms with Gasteiger partial charge in [-0.15, -0.1) is 0 Å². The number of carbonyl (C=O) groups is 3. The fourth-order valence-corrected chi connectivity index (χ4v) is 3.41. The summed E-state index contributed by atoms with van der Waals surface area (Å²) in [5.74, 6) is -2.05. The lowest BCUT2D eigenvalue weighted by molar-refractivity contribution is -0.147. The van der Waals surface area contributed by atoms with Crippen LogP contribution in [-0.4, -0.2) is 48.4 Å². The van der Waals surface area contributed by atoms with Gasteiger partial charge in [0.1, 0.15) is 18.8 Å². The molecule has 2 aliphatic rings. The fraction of sp³-hybridized carbons (Fsp3) is 0.500. The molecule has 0 amide bonds. The number of aliphatic hydroxyl groups is 1. The number of rotatable bonds is 5. The summed E-state index contributed by atoms with van der Waals surface area (Å²) in [6.07, 6.45) is 5.67. The van der Waals surface area contributed by atoms with E-state index in [0.717, 1.165) is 17.6 Å². The van der Waals surface area contributed by atoms with Crippen molar-refractivity contribution in [2.45, 2.75) is 52.2 Å². The Morgan fingerprint density at radius 3 is 2.76 bits per heavy atom. The van der Waals surface area contributed by atoms with Gasteiger partial charge in [-0.25, -0.2) is 9.59 Å². The molecule has 1 aliphatic heterocycles. The summed E-state index contributed by atoms with van der Waals surface area (Å²) in [4.78, 5) is 35.8. The molecule has 2 rings (SSSR count). The van der Waals surface area contributed by atoms with E-state index in [1.165, 1.54) is 13.0 Å². The maximum absolute atomic E-state index is 12.4. The number of ether oxygens (including phenoxy) is 3. The average molecular weight is 404 g/mol. The Balaban J connectivity index is 2.37. The van der Waals surface area contributed by atoms with Gasteiger partial charge in [-0.2, -0.15) is 0 Å². The number of allylic oxidation sites excluding steroid dienone is 1. The maximum Gasteiger partial charge on any atom is 0.334 e. The minimum Gasteiger partial charge on any atom is -0.461 e. The van der Waals surface area contributed by atoms with E-state index in [1.54, 1.807) is 13.0 Å². The number of hydrogen-bond acceptors (Lipinski definition) is 7. The van der Waals surface area contributed by atoms with Crippen LogP contribution in [0.25, 0.3) is 0 Å². The highest BCUT2D eigenvalue weighted by Crippen LogP contribution is 2.36. The van der Waals surface area contributed by atoms with Gasteiger partial charge in [-0.3, -0.25) is 4.79 Å². The second-order valence-corrected chi connectivity index (χ2v) is 7.33. The molecule has 0 saturated carbocycles. The molecule has 1 fully saturated rings. The smallest absolute Gasteiger partial charge is 0.334 e. The van der Waals surface area contributed by atoms with Crippen LogP contribution in [-0.2, 0) is 28.6 Å². The Morgan fingerprint density at radius 1 is 1.38 bits per heavy atom. The number of fused-ring (bicyclic) bond motifs is 1. The minimum atomic E-state index is -0.661. The summed E-state index contributed by atoms with van der Waals surface area (Å²) in [6.45, 7) is 8.52. The molecule has 0 unspecified atom stereocenters. The van der Waals surface area contributed by atoms with E-state index in [-0.39, 0.29) is 24.4 Å². The van der Waals surface area contributed by atoms with E-state index in [2.05, 4.69) is 6.58 Å². The van der Waals surface area contributed by atoms with Crippen molar-refractivity contribution in [1.82, 2.24) is 0 Å². The molecular formula is C22H28O7. The summed E-state index contributed by atoms with van der Waals surface area (Å²) in [6, 6.07) is 0. The summed E-state index contributed by atoms with van der Waals surface area (Å²) >= 11 is 0. The standard InChI is InChI=1S/C22H28O7/c1-13-6-5-7-17(12-27-16(4)24)11-19-20(15(3)22(26)29-19)18(10-13)28-21(25)14(2)8-9-23/h6,8,11,18-20,23H,3,5,7,9-10,12H2,1-2,4H3/b13-6-,14-8+,17-11-/t18-,19-,20-/m1/s1. The molecule has 7 nitrogen and oxygen atoms in total. The third kappa shape index (κ3) is 6.15.